The highest BCUT2D eigenvalue weighted by Crippen LogP contribution is 2.37. The number of ether oxygens (including phenoxy) is 1. The third kappa shape index (κ3) is 4.07. The number of amides is 1. The van der Waals surface area contributed by atoms with Gasteiger partial charge in [-0.3, -0.25) is 19.6 Å². The summed E-state index contributed by atoms with van der Waals surface area (Å²) < 4.78 is 6.77. The number of esters is 1. The molecule has 0 spiro atoms. The molecule has 1 aromatic carbocycles. The van der Waals surface area contributed by atoms with Crippen LogP contribution in [0.5, 0.6) is 0 Å². The summed E-state index contributed by atoms with van der Waals surface area (Å²) in [5.74, 6) is -0.788. The van der Waals surface area contributed by atoms with Gasteiger partial charge in [0.2, 0.25) is 5.91 Å². The molecular formula is C16H13ClN4O5S. The number of fused-ring (bicyclic) bond motifs is 1. The summed E-state index contributed by atoms with van der Waals surface area (Å²) in [6, 6.07) is 5.11. The molecule has 11 heteroatoms. The van der Waals surface area contributed by atoms with Crippen LogP contribution in [-0.4, -0.2) is 33.7 Å². The number of nitrogens with one attached hydrogen (secondary N) is 1. The zero-order valence-corrected chi connectivity index (χ0v) is 15.5. The molecule has 0 aliphatic carbocycles. The first-order valence-corrected chi connectivity index (χ1v) is 8.85. The Hall–Kier alpha value is -2.98. The molecule has 3 rings (SSSR count). The van der Waals surface area contributed by atoms with E-state index in [0.717, 1.165) is 10.9 Å². The van der Waals surface area contributed by atoms with Crippen LogP contribution >= 0.6 is 22.9 Å². The number of aromatic nitrogens is 2. The van der Waals surface area contributed by atoms with Gasteiger partial charge in [-0.15, -0.1) is 11.3 Å². The molecule has 9 nitrogen and oxygen atoms in total. The van der Waals surface area contributed by atoms with Gasteiger partial charge >= 0.3 is 11.7 Å². The Balaban J connectivity index is 1.67. The smallest absolute Gasteiger partial charge is 0.349 e. The van der Waals surface area contributed by atoms with Crippen molar-refractivity contribution in [2.24, 2.45) is 0 Å². The number of carbonyl (C=O) groups is 2. The van der Waals surface area contributed by atoms with Crippen LogP contribution in [0.2, 0.25) is 5.02 Å². The lowest BCUT2D eigenvalue weighted by Crippen LogP contribution is -2.14. The second-order valence-electron chi connectivity index (χ2n) is 5.46. The van der Waals surface area contributed by atoms with Gasteiger partial charge < -0.3 is 10.1 Å². The van der Waals surface area contributed by atoms with E-state index in [0.29, 0.717) is 21.0 Å². The van der Waals surface area contributed by atoms with E-state index in [-0.39, 0.29) is 24.6 Å². The van der Waals surface area contributed by atoms with Crippen molar-refractivity contribution in [2.45, 2.75) is 13.0 Å². The minimum Gasteiger partial charge on any atom is -0.465 e. The Morgan fingerprint density at radius 2 is 2.22 bits per heavy atom. The fourth-order valence-corrected chi connectivity index (χ4v) is 3.84. The number of nitro groups is 1. The van der Waals surface area contributed by atoms with Crippen molar-refractivity contribution in [1.29, 1.82) is 0 Å². The number of hydrogen-bond acceptors (Lipinski definition) is 7. The van der Waals surface area contributed by atoms with Gasteiger partial charge in [0.25, 0.3) is 0 Å². The first-order valence-electron chi connectivity index (χ1n) is 7.66. The standard InChI is InChI=1S/C16H13ClN4O5S/c1-26-16(23)15-14(17)11-3-2-9(6-12(11)27-15)19-13(22)4-5-20-8-10(7-18-20)21(24)25/h2-3,6-8H,4-5H2,1H3,(H,19,22). The topological polar surface area (TPSA) is 116 Å². The Morgan fingerprint density at radius 1 is 1.44 bits per heavy atom. The molecule has 0 aliphatic heterocycles. The predicted molar refractivity (Wildman–Crippen MR) is 100 cm³/mol. The van der Waals surface area contributed by atoms with Crippen molar-refractivity contribution in [3.05, 3.63) is 50.6 Å². The van der Waals surface area contributed by atoms with Gasteiger partial charge in [-0.05, 0) is 18.2 Å². The van der Waals surface area contributed by atoms with E-state index in [1.165, 1.54) is 29.3 Å². The van der Waals surface area contributed by atoms with E-state index in [1.54, 1.807) is 18.2 Å². The van der Waals surface area contributed by atoms with Crippen LogP contribution in [0.4, 0.5) is 11.4 Å². The van der Waals surface area contributed by atoms with Crippen molar-refractivity contribution < 1.29 is 19.2 Å². The monoisotopic (exact) mass is 408 g/mol. The van der Waals surface area contributed by atoms with Crippen LogP contribution in [-0.2, 0) is 16.1 Å². The zero-order valence-electron chi connectivity index (χ0n) is 14.0. The van der Waals surface area contributed by atoms with E-state index in [1.807, 2.05) is 0 Å². The maximum atomic E-state index is 12.1. The van der Waals surface area contributed by atoms with E-state index < -0.39 is 10.9 Å². The molecule has 0 bridgehead atoms. The van der Waals surface area contributed by atoms with Gasteiger partial charge in [0, 0.05) is 28.7 Å². The Labute approximate surface area is 161 Å². The van der Waals surface area contributed by atoms with Crippen LogP contribution in [0.15, 0.2) is 30.6 Å². The van der Waals surface area contributed by atoms with Gasteiger partial charge in [0.15, 0.2) is 0 Å². The highest BCUT2D eigenvalue weighted by atomic mass is 35.5. The second-order valence-corrected chi connectivity index (χ2v) is 6.89. The third-order valence-corrected chi connectivity index (χ3v) is 5.32. The van der Waals surface area contributed by atoms with Gasteiger partial charge in [-0.1, -0.05) is 11.6 Å². The van der Waals surface area contributed by atoms with Gasteiger partial charge in [0.05, 0.1) is 17.1 Å². The number of halogens is 1. The van der Waals surface area contributed by atoms with Crippen molar-refractivity contribution in [3.8, 4) is 0 Å². The van der Waals surface area contributed by atoms with E-state index in [2.05, 4.69) is 10.4 Å². The van der Waals surface area contributed by atoms with Gasteiger partial charge in [-0.2, -0.15) is 5.10 Å². The number of anilines is 1. The molecule has 3 aromatic rings. The van der Waals surface area contributed by atoms with E-state index >= 15 is 0 Å². The fourth-order valence-electron chi connectivity index (χ4n) is 2.38. The van der Waals surface area contributed by atoms with Gasteiger partial charge in [-0.25, -0.2) is 4.79 Å². The largest absolute Gasteiger partial charge is 0.465 e. The summed E-state index contributed by atoms with van der Waals surface area (Å²) in [6.45, 7) is 0.208. The number of carbonyl (C=O) groups excluding carboxylic acids is 2. The molecule has 0 aliphatic rings. The molecule has 0 saturated heterocycles. The second kappa shape index (κ2) is 7.72. The molecule has 0 saturated carbocycles. The zero-order chi connectivity index (χ0) is 19.6. The number of aryl methyl sites for hydroxylation is 1. The van der Waals surface area contributed by atoms with Crippen molar-refractivity contribution in [2.75, 3.05) is 12.4 Å². The SMILES string of the molecule is COC(=O)c1sc2cc(NC(=O)CCn3cc([N+](=O)[O-])cn3)ccc2c1Cl. The lowest BCUT2D eigenvalue weighted by molar-refractivity contribution is -0.385. The molecule has 27 heavy (non-hydrogen) atoms. The van der Waals surface area contributed by atoms with Crippen LogP contribution in [0.1, 0.15) is 16.1 Å². The average Bonchev–Trinajstić information content (AvgIpc) is 3.24. The summed E-state index contributed by atoms with van der Waals surface area (Å²) in [7, 11) is 1.28. The first kappa shape index (κ1) is 18.8. The number of nitrogens with zero attached hydrogens (tertiary/aromatic N) is 3. The summed E-state index contributed by atoms with van der Waals surface area (Å²) in [5, 5.41) is 18.2. The van der Waals surface area contributed by atoms with E-state index in [4.69, 9.17) is 16.3 Å². The molecule has 0 fully saturated rings. The van der Waals surface area contributed by atoms with Crippen molar-refractivity contribution >= 4 is 56.3 Å². The maximum Gasteiger partial charge on any atom is 0.349 e. The molecule has 140 valence electrons. The first-order chi connectivity index (χ1) is 12.9. The number of thiophene rings is 1. The average molecular weight is 409 g/mol. The highest BCUT2D eigenvalue weighted by Gasteiger charge is 2.18. The number of benzene rings is 1. The molecule has 0 radical (unpaired) electrons. The van der Waals surface area contributed by atoms with Crippen LogP contribution in [0, 0.1) is 10.1 Å². The van der Waals surface area contributed by atoms with Crippen molar-refractivity contribution in [1.82, 2.24) is 9.78 Å². The predicted octanol–water partition coefficient (Wildman–Crippen LogP) is 3.47. The van der Waals surface area contributed by atoms with Crippen molar-refractivity contribution in [3.63, 3.8) is 0 Å². The lowest BCUT2D eigenvalue weighted by atomic mass is 10.2. The minimum atomic E-state index is -0.548. The number of hydrogen-bond donors (Lipinski definition) is 1. The fraction of sp³-hybridized carbons (Fsp3) is 0.188. The maximum absolute atomic E-state index is 12.1. The number of rotatable bonds is 6. The minimum absolute atomic E-state index is 0.0927. The van der Waals surface area contributed by atoms with Crippen LogP contribution in [0.25, 0.3) is 10.1 Å². The molecule has 1 N–H and O–H groups in total. The van der Waals surface area contributed by atoms with E-state index in [9.17, 15) is 19.7 Å². The van der Waals surface area contributed by atoms with Gasteiger partial charge in [0.1, 0.15) is 17.3 Å². The number of methoxy groups -OCH3 is 1. The Bertz CT molecular complexity index is 1040. The molecule has 2 heterocycles. The third-order valence-electron chi connectivity index (χ3n) is 3.68. The Kier molecular flexibility index (Phi) is 5.38. The summed E-state index contributed by atoms with van der Waals surface area (Å²) >= 11 is 7.37. The Morgan fingerprint density at radius 3 is 2.89 bits per heavy atom. The molecule has 0 atom stereocenters. The summed E-state index contributed by atoms with van der Waals surface area (Å²) in [6.07, 6.45) is 2.49. The molecular weight excluding hydrogens is 396 g/mol. The molecule has 0 unspecified atom stereocenters. The highest BCUT2D eigenvalue weighted by molar-refractivity contribution is 7.21. The summed E-state index contributed by atoms with van der Waals surface area (Å²) in [5.41, 5.74) is 0.421. The molecule has 1 amide bonds. The quantitative estimate of drug-likeness (QED) is 0.379. The normalized spacial score (nSPS) is 10.7. The lowest BCUT2D eigenvalue weighted by Gasteiger charge is -2.05. The van der Waals surface area contributed by atoms with Crippen LogP contribution in [0.3, 0.4) is 0 Å². The molecule has 2 aromatic heterocycles. The van der Waals surface area contributed by atoms with Crippen LogP contribution < -0.4 is 5.32 Å². The summed E-state index contributed by atoms with van der Waals surface area (Å²) in [4.78, 5) is 34.2.